The predicted octanol–water partition coefficient (Wildman–Crippen LogP) is 3.94. The van der Waals surface area contributed by atoms with Crippen LogP contribution in [0.15, 0.2) is 72.3 Å². The molecule has 178 valence electrons. The van der Waals surface area contributed by atoms with Crippen LogP contribution in [0.1, 0.15) is 17.2 Å². The Hall–Kier alpha value is -4.86. The molecule has 0 aromatic heterocycles. The van der Waals surface area contributed by atoms with E-state index in [2.05, 4.69) is 0 Å². The molecule has 1 aliphatic heterocycles. The first-order chi connectivity index (χ1) is 16.8. The molecule has 1 saturated heterocycles. The summed E-state index contributed by atoms with van der Waals surface area (Å²) in [5.41, 5.74) is 0.470. The van der Waals surface area contributed by atoms with Crippen molar-refractivity contribution in [3.8, 4) is 17.2 Å². The summed E-state index contributed by atoms with van der Waals surface area (Å²) in [6.07, 6.45) is 0. The number of ketones is 1. The van der Waals surface area contributed by atoms with E-state index in [0.29, 0.717) is 17.0 Å². The van der Waals surface area contributed by atoms with Crippen LogP contribution in [0.2, 0.25) is 0 Å². The molecule has 0 saturated carbocycles. The third kappa shape index (κ3) is 4.12. The molecule has 1 amide bonds. The molecular formula is C25H20N2O8. The molecule has 2 N–H and O–H groups in total. The molecule has 3 aromatic carbocycles. The van der Waals surface area contributed by atoms with Crippen LogP contribution in [0, 0.1) is 10.1 Å². The van der Waals surface area contributed by atoms with Gasteiger partial charge in [-0.2, -0.15) is 0 Å². The average molecular weight is 476 g/mol. The predicted molar refractivity (Wildman–Crippen MR) is 126 cm³/mol. The summed E-state index contributed by atoms with van der Waals surface area (Å²) < 4.78 is 10.4. The molecule has 3 aromatic rings. The molecule has 4 rings (SSSR count). The summed E-state index contributed by atoms with van der Waals surface area (Å²) in [6.45, 7) is 0. The fraction of sp³-hybridized carbons (Fsp3) is 0.120. The number of methoxy groups -OCH3 is 2. The lowest BCUT2D eigenvalue weighted by Crippen LogP contribution is -2.29. The Kier molecular flexibility index (Phi) is 6.11. The number of Topliss-reactive ketones (excluding diaryl/α,β-unsaturated/α-hetero) is 1. The van der Waals surface area contributed by atoms with E-state index in [0.717, 1.165) is 0 Å². The average Bonchev–Trinajstić information content (AvgIpc) is 3.14. The van der Waals surface area contributed by atoms with Crippen molar-refractivity contribution in [2.24, 2.45) is 0 Å². The molecule has 10 heteroatoms. The maximum atomic E-state index is 13.2. The van der Waals surface area contributed by atoms with Gasteiger partial charge < -0.3 is 19.7 Å². The zero-order valence-electron chi connectivity index (χ0n) is 18.7. The normalized spacial score (nSPS) is 16.9. The molecule has 1 heterocycles. The number of carbonyl (C=O) groups excluding carboxylic acids is 2. The second-order valence-corrected chi connectivity index (χ2v) is 7.60. The van der Waals surface area contributed by atoms with E-state index in [4.69, 9.17) is 9.47 Å². The third-order valence-electron chi connectivity index (χ3n) is 5.67. The number of hydrogen-bond acceptors (Lipinski definition) is 8. The van der Waals surface area contributed by atoms with Crippen molar-refractivity contribution in [3.63, 3.8) is 0 Å². The van der Waals surface area contributed by atoms with Crippen LogP contribution in [0.25, 0.3) is 5.76 Å². The number of carbonyl (C=O) groups is 2. The number of nitro groups is 1. The number of phenols is 1. The Morgan fingerprint density at radius 3 is 2.20 bits per heavy atom. The number of aliphatic hydroxyl groups excluding tert-OH is 1. The van der Waals surface area contributed by atoms with Gasteiger partial charge in [-0.15, -0.1) is 0 Å². The van der Waals surface area contributed by atoms with Crippen LogP contribution in [0.3, 0.4) is 0 Å². The van der Waals surface area contributed by atoms with E-state index in [1.54, 1.807) is 24.3 Å². The highest BCUT2D eigenvalue weighted by Crippen LogP contribution is 2.44. The largest absolute Gasteiger partial charge is 0.507 e. The van der Waals surface area contributed by atoms with Gasteiger partial charge in [0.25, 0.3) is 17.4 Å². The van der Waals surface area contributed by atoms with Crippen LogP contribution in [-0.2, 0) is 9.59 Å². The minimum Gasteiger partial charge on any atom is -0.507 e. The van der Waals surface area contributed by atoms with Gasteiger partial charge in [0.2, 0.25) is 0 Å². The van der Waals surface area contributed by atoms with Crippen molar-refractivity contribution in [2.75, 3.05) is 19.1 Å². The zero-order chi connectivity index (χ0) is 25.3. The van der Waals surface area contributed by atoms with Gasteiger partial charge in [0.05, 0.1) is 30.8 Å². The Bertz CT molecular complexity index is 1350. The van der Waals surface area contributed by atoms with E-state index in [1.165, 1.54) is 61.6 Å². The minimum atomic E-state index is -1.08. The van der Waals surface area contributed by atoms with Crippen LogP contribution in [0.5, 0.6) is 17.2 Å². The van der Waals surface area contributed by atoms with Gasteiger partial charge in [0, 0.05) is 23.4 Å². The number of nitro benzene ring substituents is 1. The first-order valence-corrected chi connectivity index (χ1v) is 10.3. The van der Waals surface area contributed by atoms with E-state index < -0.39 is 28.4 Å². The number of aliphatic hydroxyl groups is 1. The number of rotatable bonds is 6. The standard InChI is InChI=1S/C25H20N2O8/c1-34-18-10-8-16(9-11-18)26-22(15-5-12-19(28)20(13-15)35-2)21(24(30)25(26)31)23(29)14-3-6-17(7-4-14)27(32)33/h3-13,22,28-29H,1-2H3/t22-/m1/s1. The van der Waals surface area contributed by atoms with Crippen LogP contribution < -0.4 is 14.4 Å². The highest BCUT2D eigenvalue weighted by Gasteiger charge is 2.47. The minimum absolute atomic E-state index is 0.109. The topological polar surface area (TPSA) is 139 Å². The maximum Gasteiger partial charge on any atom is 0.300 e. The first-order valence-electron chi connectivity index (χ1n) is 10.3. The first kappa shape index (κ1) is 23.3. The lowest BCUT2D eigenvalue weighted by molar-refractivity contribution is -0.384. The Morgan fingerprint density at radius 2 is 1.63 bits per heavy atom. The Morgan fingerprint density at radius 1 is 0.971 bits per heavy atom. The molecule has 1 atom stereocenters. The Balaban J connectivity index is 1.92. The number of aromatic hydroxyl groups is 1. The van der Waals surface area contributed by atoms with E-state index in [9.17, 15) is 29.9 Å². The second-order valence-electron chi connectivity index (χ2n) is 7.60. The molecule has 0 spiro atoms. The summed E-state index contributed by atoms with van der Waals surface area (Å²) >= 11 is 0. The number of anilines is 1. The number of ether oxygens (including phenoxy) is 2. The number of hydrogen-bond donors (Lipinski definition) is 2. The lowest BCUT2D eigenvalue weighted by atomic mass is 9.94. The highest BCUT2D eigenvalue weighted by atomic mass is 16.6. The van der Waals surface area contributed by atoms with Crippen molar-refractivity contribution in [2.45, 2.75) is 6.04 Å². The number of amides is 1. The lowest BCUT2D eigenvalue weighted by Gasteiger charge is -2.26. The van der Waals surface area contributed by atoms with Gasteiger partial charge in [0.1, 0.15) is 11.5 Å². The number of non-ortho nitro benzene ring substituents is 1. The molecular weight excluding hydrogens is 456 g/mol. The summed E-state index contributed by atoms with van der Waals surface area (Å²) in [4.78, 5) is 38.0. The molecule has 0 bridgehead atoms. The smallest absolute Gasteiger partial charge is 0.300 e. The van der Waals surface area contributed by atoms with Gasteiger partial charge in [0.15, 0.2) is 11.5 Å². The van der Waals surface area contributed by atoms with Crippen LogP contribution in [0.4, 0.5) is 11.4 Å². The van der Waals surface area contributed by atoms with Crippen molar-refractivity contribution in [3.05, 3.63) is 93.5 Å². The molecule has 10 nitrogen and oxygen atoms in total. The van der Waals surface area contributed by atoms with E-state index >= 15 is 0 Å². The summed E-state index contributed by atoms with van der Waals surface area (Å²) in [5.74, 6) is -1.80. The van der Waals surface area contributed by atoms with Gasteiger partial charge in [-0.3, -0.25) is 24.6 Å². The summed E-state index contributed by atoms with van der Waals surface area (Å²) in [6, 6.07) is 14.7. The molecule has 0 radical (unpaired) electrons. The molecule has 0 aliphatic carbocycles. The molecule has 35 heavy (non-hydrogen) atoms. The van der Waals surface area contributed by atoms with E-state index in [1.807, 2.05) is 0 Å². The SMILES string of the molecule is COc1ccc(N2C(=O)C(=O)C(=C(O)c3ccc([N+](=O)[O-])cc3)[C@H]2c2ccc(O)c(OC)c2)cc1. The van der Waals surface area contributed by atoms with Crippen molar-refractivity contribution < 1.29 is 34.2 Å². The molecule has 0 unspecified atom stereocenters. The van der Waals surface area contributed by atoms with Gasteiger partial charge in [-0.05, 0) is 54.1 Å². The number of phenolic OH excluding ortho intramolecular Hbond substituents is 1. The fourth-order valence-corrected chi connectivity index (χ4v) is 3.92. The molecule has 1 fully saturated rings. The molecule has 1 aliphatic rings. The van der Waals surface area contributed by atoms with Crippen LogP contribution in [-0.4, -0.2) is 41.0 Å². The van der Waals surface area contributed by atoms with Crippen LogP contribution >= 0.6 is 0 Å². The summed E-state index contributed by atoms with van der Waals surface area (Å²) in [7, 11) is 2.85. The second kappa shape index (κ2) is 9.18. The van der Waals surface area contributed by atoms with Crippen molar-refractivity contribution >= 4 is 28.8 Å². The number of benzene rings is 3. The monoisotopic (exact) mass is 476 g/mol. The Labute approximate surface area is 199 Å². The van der Waals surface area contributed by atoms with Crippen molar-refractivity contribution in [1.82, 2.24) is 0 Å². The summed E-state index contributed by atoms with van der Waals surface area (Å²) in [5, 5.41) is 32.1. The van der Waals surface area contributed by atoms with Crippen molar-refractivity contribution in [1.29, 1.82) is 0 Å². The van der Waals surface area contributed by atoms with E-state index in [-0.39, 0.29) is 28.3 Å². The quantitative estimate of drug-likeness (QED) is 0.179. The van der Waals surface area contributed by atoms with Gasteiger partial charge in [-0.1, -0.05) is 6.07 Å². The third-order valence-corrected chi connectivity index (χ3v) is 5.67. The van der Waals surface area contributed by atoms with Gasteiger partial charge in [-0.25, -0.2) is 0 Å². The number of nitrogens with zero attached hydrogens (tertiary/aromatic N) is 2. The van der Waals surface area contributed by atoms with Gasteiger partial charge >= 0.3 is 0 Å². The highest BCUT2D eigenvalue weighted by molar-refractivity contribution is 6.51. The maximum absolute atomic E-state index is 13.2. The fourth-order valence-electron chi connectivity index (χ4n) is 3.92. The zero-order valence-corrected chi connectivity index (χ0v) is 18.7.